The standard InChI is InChI=1S/C15H14O4.2C2H6/c1-18-15(17)13-9-12(7-8-14(13)16)19-10-11-5-3-2-4-6-11;2*1-2/h2-9,16H,10H2,1H3;2*1-2H3. The molecule has 0 bridgehead atoms. The fourth-order valence-corrected chi connectivity index (χ4v) is 1.62. The van der Waals surface area contributed by atoms with Crippen molar-refractivity contribution < 1.29 is 19.4 Å². The summed E-state index contributed by atoms with van der Waals surface area (Å²) in [5, 5.41) is 9.57. The van der Waals surface area contributed by atoms with Gasteiger partial charge in [0, 0.05) is 0 Å². The minimum atomic E-state index is -0.595. The number of hydrogen-bond donors (Lipinski definition) is 1. The first-order chi connectivity index (χ1) is 11.2. The van der Waals surface area contributed by atoms with Crippen molar-refractivity contribution in [2.24, 2.45) is 0 Å². The number of esters is 1. The van der Waals surface area contributed by atoms with E-state index in [1.54, 1.807) is 6.07 Å². The lowest BCUT2D eigenvalue weighted by Gasteiger charge is -2.08. The first-order valence-electron chi connectivity index (χ1n) is 7.79. The summed E-state index contributed by atoms with van der Waals surface area (Å²) in [6.45, 7) is 8.40. The van der Waals surface area contributed by atoms with E-state index in [1.807, 2.05) is 58.0 Å². The quantitative estimate of drug-likeness (QED) is 0.822. The van der Waals surface area contributed by atoms with Crippen LogP contribution in [0, 0.1) is 0 Å². The van der Waals surface area contributed by atoms with Crippen molar-refractivity contribution in [2.75, 3.05) is 7.11 Å². The van der Waals surface area contributed by atoms with Crippen molar-refractivity contribution >= 4 is 5.97 Å². The number of ether oxygens (including phenoxy) is 2. The van der Waals surface area contributed by atoms with Crippen LogP contribution in [0.2, 0.25) is 0 Å². The SMILES string of the molecule is CC.CC.COC(=O)c1cc(OCc2ccccc2)ccc1O. The van der Waals surface area contributed by atoms with Crippen LogP contribution in [-0.2, 0) is 11.3 Å². The molecule has 2 rings (SSSR count). The number of carbonyl (C=O) groups is 1. The molecule has 0 radical (unpaired) electrons. The van der Waals surface area contributed by atoms with Gasteiger partial charge in [-0.3, -0.25) is 0 Å². The van der Waals surface area contributed by atoms with Crippen LogP contribution in [0.15, 0.2) is 48.5 Å². The van der Waals surface area contributed by atoms with Crippen molar-refractivity contribution in [3.8, 4) is 11.5 Å². The maximum absolute atomic E-state index is 11.4. The van der Waals surface area contributed by atoms with Crippen LogP contribution in [0.1, 0.15) is 43.6 Å². The smallest absolute Gasteiger partial charge is 0.341 e. The largest absolute Gasteiger partial charge is 0.507 e. The van der Waals surface area contributed by atoms with Crippen LogP contribution in [0.3, 0.4) is 0 Å². The number of carbonyl (C=O) groups excluding carboxylic acids is 1. The molecule has 0 fully saturated rings. The molecule has 0 saturated heterocycles. The van der Waals surface area contributed by atoms with Crippen LogP contribution in [0.4, 0.5) is 0 Å². The number of aromatic hydroxyl groups is 1. The molecular weight excluding hydrogens is 292 g/mol. The van der Waals surface area contributed by atoms with Crippen LogP contribution in [0.25, 0.3) is 0 Å². The third kappa shape index (κ3) is 6.87. The summed E-state index contributed by atoms with van der Waals surface area (Å²) in [4.78, 5) is 11.4. The van der Waals surface area contributed by atoms with Gasteiger partial charge in [-0.05, 0) is 23.8 Å². The predicted molar refractivity (Wildman–Crippen MR) is 92.9 cm³/mol. The molecule has 0 unspecified atom stereocenters. The van der Waals surface area contributed by atoms with E-state index >= 15 is 0 Å². The summed E-state index contributed by atoms with van der Waals surface area (Å²) < 4.78 is 10.1. The normalized spacial score (nSPS) is 8.74. The zero-order valence-electron chi connectivity index (χ0n) is 14.5. The third-order valence-electron chi connectivity index (χ3n) is 2.62. The van der Waals surface area contributed by atoms with Gasteiger partial charge in [-0.25, -0.2) is 4.79 Å². The van der Waals surface area contributed by atoms with Gasteiger partial charge >= 0.3 is 5.97 Å². The number of benzene rings is 2. The number of rotatable bonds is 4. The first-order valence-corrected chi connectivity index (χ1v) is 7.79. The highest BCUT2D eigenvalue weighted by atomic mass is 16.5. The number of hydrogen-bond acceptors (Lipinski definition) is 4. The molecule has 0 heterocycles. The molecule has 2 aromatic rings. The molecule has 0 atom stereocenters. The van der Waals surface area contributed by atoms with E-state index in [4.69, 9.17) is 4.74 Å². The highest BCUT2D eigenvalue weighted by molar-refractivity contribution is 5.92. The van der Waals surface area contributed by atoms with E-state index in [2.05, 4.69) is 4.74 Å². The summed E-state index contributed by atoms with van der Waals surface area (Å²) >= 11 is 0. The van der Waals surface area contributed by atoms with Gasteiger partial charge in [-0.1, -0.05) is 58.0 Å². The van der Waals surface area contributed by atoms with Gasteiger partial charge in [0.15, 0.2) is 0 Å². The topological polar surface area (TPSA) is 55.8 Å². The number of methoxy groups -OCH3 is 1. The first kappa shape index (κ1) is 20.5. The van der Waals surface area contributed by atoms with E-state index in [1.165, 1.54) is 19.2 Å². The highest BCUT2D eigenvalue weighted by Crippen LogP contribution is 2.24. The molecule has 4 nitrogen and oxygen atoms in total. The average molecular weight is 318 g/mol. The van der Waals surface area contributed by atoms with Gasteiger partial charge in [0.25, 0.3) is 0 Å². The predicted octanol–water partition coefficient (Wildman–Crippen LogP) is 4.81. The summed E-state index contributed by atoms with van der Waals surface area (Å²) in [7, 11) is 1.26. The Kier molecular flexibility index (Phi) is 10.8. The molecule has 2 aromatic carbocycles. The molecule has 0 saturated carbocycles. The molecule has 1 N–H and O–H groups in total. The molecule has 23 heavy (non-hydrogen) atoms. The Morgan fingerprint density at radius 1 is 1.00 bits per heavy atom. The third-order valence-corrected chi connectivity index (χ3v) is 2.62. The minimum Gasteiger partial charge on any atom is -0.507 e. The van der Waals surface area contributed by atoms with E-state index in [-0.39, 0.29) is 11.3 Å². The second-order valence-corrected chi connectivity index (χ2v) is 3.94. The van der Waals surface area contributed by atoms with Crippen LogP contribution in [-0.4, -0.2) is 18.2 Å². The zero-order chi connectivity index (χ0) is 17.7. The zero-order valence-corrected chi connectivity index (χ0v) is 14.5. The Morgan fingerprint density at radius 2 is 1.61 bits per heavy atom. The summed E-state index contributed by atoms with van der Waals surface area (Å²) in [5.74, 6) is -0.219. The van der Waals surface area contributed by atoms with Crippen LogP contribution in [0.5, 0.6) is 11.5 Å². The fraction of sp³-hybridized carbons (Fsp3) is 0.316. The Labute approximate surface area is 138 Å². The van der Waals surface area contributed by atoms with Gasteiger partial charge in [0.2, 0.25) is 0 Å². The number of phenolic OH excluding ortho intramolecular Hbond substituents is 1. The molecule has 0 aliphatic rings. The van der Waals surface area contributed by atoms with Crippen molar-refractivity contribution in [1.29, 1.82) is 0 Å². The molecule has 0 aromatic heterocycles. The lowest BCUT2D eigenvalue weighted by atomic mass is 10.2. The second-order valence-electron chi connectivity index (χ2n) is 3.94. The lowest BCUT2D eigenvalue weighted by Crippen LogP contribution is -2.02. The van der Waals surface area contributed by atoms with Gasteiger partial charge in [0.05, 0.1) is 7.11 Å². The number of phenols is 1. The monoisotopic (exact) mass is 318 g/mol. The van der Waals surface area contributed by atoms with E-state index in [9.17, 15) is 9.90 Å². The molecule has 4 heteroatoms. The fourth-order valence-electron chi connectivity index (χ4n) is 1.62. The second kappa shape index (κ2) is 12.1. The van der Waals surface area contributed by atoms with Crippen LogP contribution >= 0.6 is 0 Å². The summed E-state index contributed by atoms with van der Waals surface area (Å²) in [6, 6.07) is 14.1. The maximum Gasteiger partial charge on any atom is 0.341 e. The van der Waals surface area contributed by atoms with Crippen molar-refractivity contribution in [3.05, 3.63) is 59.7 Å². The van der Waals surface area contributed by atoms with E-state index in [0.717, 1.165) is 5.56 Å². The molecule has 0 spiro atoms. The minimum absolute atomic E-state index is 0.0908. The Balaban J connectivity index is 0.00000112. The highest BCUT2D eigenvalue weighted by Gasteiger charge is 2.12. The maximum atomic E-state index is 11.4. The average Bonchev–Trinajstić information content (AvgIpc) is 2.64. The Morgan fingerprint density at radius 3 is 2.17 bits per heavy atom. The van der Waals surface area contributed by atoms with Gasteiger partial charge < -0.3 is 14.6 Å². The molecule has 0 aliphatic carbocycles. The summed E-state index contributed by atoms with van der Waals surface area (Å²) in [6.07, 6.45) is 0. The molecular formula is C19H26O4. The summed E-state index contributed by atoms with van der Waals surface area (Å²) in [5.41, 5.74) is 1.11. The molecule has 0 amide bonds. The van der Waals surface area contributed by atoms with Crippen molar-refractivity contribution in [3.63, 3.8) is 0 Å². The Hall–Kier alpha value is -2.49. The van der Waals surface area contributed by atoms with Gasteiger partial charge in [0.1, 0.15) is 23.7 Å². The lowest BCUT2D eigenvalue weighted by molar-refractivity contribution is 0.0597. The Bertz CT molecular complexity index is 565. The van der Waals surface area contributed by atoms with Crippen molar-refractivity contribution in [2.45, 2.75) is 34.3 Å². The molecule has 0 aliphatic heterocycles. The van der Waals surface area contributed by atoms with Gasteiger partial charge in [-0.2, -0.15) is 0 Å². The van der Waals surface area contributed by atoms with Gasteiger partial charge in [-0.15, -0.1) is 0 Å². The van der Waals surface area contributed by atoms with Crippen LogP contribution < -0.4 is 4.74 Å². The molecule has 126 valence electrons. The van der Waals surface area contributed by atoms with Crippen molar-refractivity contribution in [1.82, 2.24) is 0 Å². The van der Waals surface area contributed by atoms with E-state index < -0.39 is 5.97 Å². The van der Waals surface area contributed by atoms with E-state index in [0.29, 0.717) is 12.4 Å².